The van der Waals surface area contributed by atoms with Crippen LogP contribution in [0.15, 0.2) is 60.9 Å². The van der Waals surface area contributed by atoms with Crippen molar-refractivity contribution in [2.75, 3.05) is 19.0 Å². The molecule has 1 amide bonds. The lowest BCUT2D eigenvalue weighted by molar-refractivity contribution is -0.182. The Morgan fingerprint density at radius 1 is 1.21 bits per heavy atom. The van der Waals surface area contributed by atoms with Crippen molar-refractivity contribution >= 4 is 17.7 Å². The van der Waals surface area contributed by atoms with E-state index in [0.29, 0.717) is 11.4 Å². The van der Waals surface area contributed by atoms with Crippen molar-refractivity contribution in [1.82, 2.24) is 9.78 Å². The van der Waals surface area contributed by atoms with Gasteiger partial charge in [-0.2, -0.15) is 18.3 Å². The first kappa shape index (κ1) is 24.8. The zero-order chi connectivity index (χ0) is 24.6. The molecule has 0 saturated carbocycles. The molecule has 0 aliphatic carbocycles. The molecule has 2 aromatic carbocycles. The topological polar surface area (TPSA) is 74.6 Å². The molecule has 180 valence electrons. The first-order valence-electron chi connectivity index (χ1n) is 10.2. The van der Waals surface area contributed by atoms with Gasteiger partial charge in [-0.1, -0.05) is 18.2 Å². The fourth-order valence-corrected chi connectivity index (χ4v) is 2.99. The Labute approximate surface area is 194 Å². The maximum atomic E-state index is 12.2. The van der Waals surface area contributed by atoms with Crippen molar-refractivity contribution < 1.29 is 32.2 Å². The lowest BCUT2D eigenvalue weighted by Gasteiger charge is -2.11. The van der Waals surface area contributed by atoms with Gasteiger partial charge in [0.1, 0.15) is 31.4 Å². The molecule has 0 aliphatic rings. The van der Waals surface area contributed by atoms with E-state index in [1.165, 1.54) is 18.5 Å². The smallest absolute Gasteiger partial charge is 0.411 e. The molecule has 0 saturated heterocycles. The average Bonchev–Trinajstić information content (AvgIpc) is 3.22. The molecule has 0 spiro atoms. The zero-order valence-corrected chi connectivity index (χ0v) is 18.6. The fraction of sp³-hybridized carbons (Fsp3) is 0.250. The summed E-state index contributed by atoms with van der Waals surface area (Å²) in [6.07, 6.45) is 1.24. The number of nitrogens with zero attached hydrogens (tertiary/aromatic N) is 2. The van der Waals surface area contributed by atoms with E-state index in [4.69, 9.17) is 9.47 Å². The summed E-state index contributed by atoms with van der Waals surface area (Å²) in [5, 5.41) is 6.44. The van der Waals surface area contributed by atoms with Gasteiger partial charge in [-0.15, -0.1) is 0 Å². The SMILES string of the molecule is COc1ccc(/C=C/C(=O)Nc2cnn(COCC(F)(F)F)c2)cc1COc1cccc(C)c1. The molecule has 10 heteroatoms. The van der Waals surface area contributed by atoms with E-state index in [-0.39, 0.29) is 13.3 Å². The Balaban J connectivity index is 1.57. The van der Waals surface area contributed by atoms with Gasteiger partial charge in [0.05, 0.1) is 25.2 Å². The maximum absolute atomic E-state index is 12.2. The highest BCUT2D eigenvalue weighted by Crippen LogP contribution is 2.23. The number of benzene rings is 2. The van der Waals surface area contributed by atoms with E-state index in [0.717, 1.165) is 27.1 Å². The second kappa shape index (κ2) is 11.4. The number of amides is 1. The maximum Gasteiger partial charge on any atom is 0.411 e. The molecule has 0 bridgehead atoms. The molecular formula is C24H24F3N3O4. The molecule has 3 rings (SSSR count). The summed E-state index contributed by atoms with van der Waals surface area (Å²) in [6, 6.07) is 13.2. The summed E-state index contributed by atoms with van der Waals surface area (Å²) < 4.78 is 53.3. The molecule has 0 unspecified atom stereocenters. The van der Waals surface area contributed by atoms with Crippen LogP contribution in [0.4, 0.5) is 18.9 Å². The van der Waals surface area contributed by atoms with Crippen LogP contribution in [0.5, 0.6) is 11.5 Å². The molecule has 0 atom stereocenters. The van der Waals surface area contributed by atoms with Gasteiger partial charge in [0.2, 0.25) is 5.91 Å². The molecule has 3 aromatic rings. The Hall–Kier alpha value is -3.79. The second-order valence-corrected chi connectivity index (χ2v) is 7.36. The van der Waals surface area contributed by atoms with Crippen molar-refractivity contribution in [1.29, 1.82) is 0 Å². The first-order valence-corrected chi connectivity index (χ1v) is 10.2. The normalized spacial score (nSPS) is 11.6. The van der Waals surface area contributed by atoms with Crippen LogP contribution in [0.25, 0.3) is 6.08 Å². The summed E-state index contributed by atoms with van der Waals surface area (Å²) in [5.74, 6) is 0.977. The standard InChI is InChI=1S/C24H24F3N3O4/c1-17-4-3-5-21(10-17)34-14-19-11-18(6-8-22(19)32-2)7-9-23(31)29-20-12-28-30(13-20)16-33-15-24(25,26)27/h3-13H,14-16H2,1-2H3,(H,29,31)/b9-7+. The van der Waals surface area contributed by atoms with Gasteiger partial charge in [-0.05, 0) is 48.4 Å². The average molecular weight is 475 g/mol. The van der Waals surface area contributed by atoms with E-state index in [1.54, 1.807) is 25.3 Å². The third-order valence-electron chi connectivity index (χ3n) is 4.51. The number of ether oxygens (including phenoxy) is 3. The molecule has 34 heavy (non-hydrogen) atoms. The minimum Gasteiger partial charge on any atom is -0.496 e. The molecule has 1 N–H and O–H groups in total. The zero-order valence-electron chi connectivity index (χ0n) is 18.6. The van der Waals surface area contributed by atoms with E-state index in [2.05, 4.69) is 15.2 Å². The van der Waals surface area contributed by atoms with Gasteiger partial charge in [0.25, 0.3) is 0 Å². The monoisotopic (exact) mass is 475 g/mol. The molecule has 1 heterocycles. The van der Waals surface area contributed by atoms with Crippen molar-refractivity contribution in [2.45, 2.75) is 26.4 Å². The minimum absolute atomic E-state index is 0.288. The van der Waals surface area contributed by atoms with Gasteiger partial charge in [-0.25, -0.2) is 4.68 Å². The van der Waals surface area contributed by atoms with Crippen LogP contribution in [-0.4, -0.2) is 35.6 Å². The van der Waals surface area contributed by atoms with Crippen molar-refractivity contribution in [3.05, 3.63) is 77.6 Å². The first-order chi connectivity index (χ1) is 16.2. The van der Waals surface area contributed by atoms with Crippen molar-refractivity contribution in [2.24, 2.45) is 0 Å². The van der Waals surface area contributed by atoms with E-state index < -0.39 is 18.7 Å². The number of alkyl halides is 3. The predicted octanol–water partition coefficient (Wildman–Crippen LogP) is 4.97. The number of aromatic nitrogens is 2. The number of anilines is 1. The number of methoxy groups -OCH3 is 1. The number of nitrogens with one attached hydrogen (secondary N) is 1. The van der Waals surface area contributed by atoms with Gasteiger partial charge in [-0.3, -0.25) is 4.79 Å². The van der Waals surface area contributed by atoms with E-state index in [1.807, 2.05) is 37.3 Å². The molecule has 0 fully saturated rings. The number of hydrogen-bond donors (Lipinski definition) is 1. The van der Waals surface area contributed by atoms with Crippen LogP contribution in [0.1, 0.15) is 16.7 Å². The van der Waals surface area contributed by atoms with Gasteiger partial charge in [0.15, 0.2) is 0 Å². The highest BCUT2D eigenvalue weighted by Gasteiger charge is 2.27. The van der Waals surface area contributed by atoms with Crippen molar-refractivity contribution in [3.8, 4) is 11.5 Å². The largest absolute Gasteiger partial charge is 0.496 e. The third kappa shape index (κ3) is 7.96. The summed E-state index contributed by atoms with van der Waals surface area (Å²) in [6.45, 7) is 0.508. The van der Waals surface area contributed by atoms with Crippen LogP contribution < -0.4 is 14.8 Å². The van der Waals surface area contributed by atoms with Gasteiger partial charge in [0, 0.05) is 11.6 Å². The Morgan fingerprint density at radius 3 is 2.76 bits per heavy atom. The summed E-state index contributed by atoms with van der Waals surface area (Å²) in [5.41, 5.74) is 2.99. The third-order valence-corrected chi connectivity index (χ3v) is 4.51. The number of aryl methyl sites for hydroxylation is 1. The quantitative estimate of drug-likeness (QED) is 0.419. The number of rotatable bonds is 10. The molecule has 0 aliphatic heterocycles. The number of halogens is 3. The Bertz CT molecular complexity index is 1140. The lowest BCUT2D eigenvalue weighted by atomic mass is 10.1. The van der Waals surface area contributed by atoms with E-state index >= 15 is 0 Å². The fourth-order valence-electron chi connectivity index (χ4n) is 2.99. The second-order valence-electron chi connectivity index (χ2n) is 7.36. The number of carbonyl (C=O) groups excluding carboxylic acids is 1. The summed E-state index contributed by atoms with van der Waals surface area (Å²) in [7, 11) is 1.57. The predicted molar refractivity (Wildman–Crippen MR) is 120 cm³/mol. The summed E-state index contributed by atoms with van der Waals surface area (Å²) >= 11 is 0. The highest BCUT2D eigenvalue weighted by atomic mass is 19.4. The van der Waals surface area contributed by atoms with Crippen LogP contribution in [0, 0.1) is 6.92 Å². The van der Waals surface area contributed by atoms with Gasteiger partial charge >= 0.3 is 6.18 Å². The Kier molecular flexibility index (Phi) is 8.31. The minimum atomic E-state index is -4.41. The van der Waals surface area contributed by atoms with Gasteiger partial charge < -0.3 is 19.5 Å². The number of hydrogen-bond acceptors (Lipinski definition) is 5. The van der Waals surface area contributed by atoms with Crippen LogP contribution in [0.2, 0.25) is 0 Å². The van der Waals surface area contributed by atoms with Crippen LogP contribution in [0.3, 0.4) is 0 Å². The highest BCUT2D eigenvalue weighted by molar-refractivity contribution is 6.01. The molecule has 0 radical (unpaired) electrons. The van der Waals surface area contributed by atoms with Crippen LogP contribution >= 0.6 is 0 Å². The van der Waals surface area contributed by atoms with E-state index in [9.17, 15) is 18.0 Å². The van der Waals surface area contributed by atoms with Crippen molar-refractivity contribution in [3.63, 3.8) is 0 Å². The van der Waals surface area contributed by atoms with Crippen LogP contribution in [-0.2, 0) is 22.9 Å². The molecule has 1 aromatic heterocycles. The summed E-state index contributed by atoms with van der Waals surface area (Å²) in [4.78, 5) is 12.2. The Morgan fingerprint density at radius 2 is 2.03 bits per heavy atom. The number of carbonyl (C=O) groups is 1. The lowest BCUT2D eigenvalue weighted by Crippen LogP contribution is -2.18. The molecule has 7 nitrogen and oxygen atoms in total. The molecular weight excluding hydrogens is 451 g/mol.